The molecule has 2 N–H and O–H groups in total. The van der Waals surface area contributed by atoms with Crippen LogP contribution in [0.25, 0.3) is 0 Å². The molecule has 0 saturated carbocycles. The summed E-state index contributed by atoms with van der Waals surface area (Å²) in [5, 5.41) is 12.7. The van der Waals surface area contributed by atoms with Crippen molar-refractivity contribution in [3.63, 3.8) is 0 Å². The van der Waals surface area contributed by atoms with E-state index in [-0.39, 0.29) is 0 Å². The lowest BCUT2D eigenvalue weighted by Gasteiger charge is -2.21. The van der Waals surface area contributed by atoms with Gasteiger partial charge in [0.2, 0.25) is 0 Å². The highest BCUT2D eigenvalue weighted by Crippen LogP contribution is 2.27. The Kier molecular flexibility index (Phi) is 5.94. The minimum Gasteiger partial charge on any atom is -0.478 e. The summed E-state index contributed by atoms with van der Waals surface area (Å²) in [4.78, 5) is 14.8. The van der Waals surface area contributed by atoms with Crippen molar-refractivity contribution in [2.45, 2.75) is 24.7 Å². The lowest BCUT2D eigenvalue weighted by atomic mass is 10.1. The minimum atomic E-state index is -0.866. The fourth-order valence-corrected chi connectivity index (χ4v) is 3.44. The van der Waals surface area contributed by atoms with E-state index in [9.17, 15) is 9.90 Å². The molecule has 0 radical (unpaired) electrons. The van der Waals surface area contributed by atoms with E-state index in [1.54, 1.807) is 0 Å². The zero-order valence-corrected chi connectivity index (χ0v) is 13.6. The number of benzene rings is 1. The Morgan fingerprint density at radius 1 is 1.43 bits per heavy atom. The Morgan fingerprint density at radius 2 is 2.14 bits per heavy atom. The number of hydrogen-bond donors (Lipinski definition) is 2. The van der Waals surface area contributed by atoms with Gasteiger partial charge in [-0.2, -0.15) is 0 Å². The lowest BCUT2D eigenvalue weighted by molar-refractivity contribution is 0.0694. The van der Waals surface area contributed by atoms with E-state index in [1.165, 1.54) is 37.7 Å². The first-order valence-electron chi connectivity index (χ1n) is 7.48. The maximum atomic E-state index is 11.5. The molecule has 5 heteroatoms. The van der Waals surface area contributed by atoms with Crippen LogP contribution in [0, 0.1) is 5.92 Å². The molecule has 0 spiro atoms. The Morgan fingerprint density at radius 3 is 2.76 bits per heavy atom. The summed E-state index contributed by atoms with van der Waals surface area (Å²) in [5.41, 5.74) is 1.11. The van der Waals surface area contributed by atoms with Gasteiger partial charge < -0.3 is 15.3 Å². The molecule has 1 aromatic carbocycles. The molecule has 2 rings (SSSR count). The number of aromatic carboxylic acids is 1. The third-order valence-corrected chi connectivity index (χ3v) is 4.65. The third kappa shape index (κ3) is 4.38. The number of nitrogens with zero attached hydrogens (tertiary/aromatic N) is 1. The smallest absolute Gasteiger partial charge is 0.338 e. The zero-order chi connectivity index (χ0) is 15.2. The number of carbonyl (C=O) groups is 1. The van der Waals surface area contributed by atoms with Crippen molar-refractivity contribution in [3.8, 4) is 0 Å². The summed E-state index contributed by atoms with van der Waals surface area (Å²) in [7, 11) is 0. The van der Waals surface area contributed by atoms with Gasteiger partial charge in [0, 0.05) is 23.7 Å². The molecule has 1 aromatic rings. The van der Waals surface area contributed by atoms with E-state index in [2.05, 4.69) is 17.1 Å². The van der Waals surface area contributed by atoms with Crippen LogP contribution in [0.3, 0.4) is 0 Å². The van der Waals surface area contributed by atoms with E-state index < -0.39 is 5.97 Å². The molecule has 1 aliphatic heterocycles. The molecule has 0 bridgehead atoms. The van der Waals surface area contributed by atoms with E-state index in [4.69, 9.17) is 0 Å². The molecule has 0 amide bonds. The van der Waals surface area contributed by atoms with E-state index in [1.807, 2.05) is 24.5 Å². The maximum Gasteiger partial charge on any atom is 0.338 e. The van der Waals surface area contributed by atoms with Gasteiger partial charge in [0.15, 0.2) is 0 Å². The number of hydrogen-bond acceptors (Lipinski definition) is 4. The number of carboxylic acid groups (broad SMARTS) is 1. The molecule has 116 valence electrons. The number of thioether (sulfide) groups is 1. The molecule has 1 unspecified atom stereocenters. The fourth-order valence-electron chi connectivity index (χ4n) is 2.82. The van der Waals surface area contributed by atoms with Gasteiger partial charge in [-0.1, -0.05) is 13.0 Å². The summed E-state index contributed by atoms with van der Waals surface area (Å²) >= 11 is 1.47. The van der Waals surface area contributed by atoms with E-state index in [0.717, 1.165) is 23.7 Å². The second-order valence-corrected chi connectivity index (χ2v) is 6.53. The molecule has 0 aromatic heterocycles. The highest BCUT2D eigenvalue weighted by molar-refractivity contribution is 7.98. The van der Waals surface area contributed by atoms with Crippen LogP contribution in [0.2, 0.25) is 0 Å². The average molecular weight is 308 g/mol. The van der Waals surface area contributed by atoms with Gasteiger partial charge >= 0.3 is 5.97 Å². The molecule has 1 aliphatic rings. The van der Waals surface area contributed by atoms with Crippen LogP contribution in [0.5, 0.6) is 0 Å². The van der Waals surface area contributed by atoms with Gasteiger partial charge in [0.05, 0.1) is 5.56 Å². The summed E-state index contributed by atoms with van der Waals surface area (Å²) in [6.07, 6.45) is 4.51. The lowest BCUT2D eigenvalue weighted by Crippen LogP contribution is -2.29. The molecular weight excluding hydrogens is 284 g/mol. The quantitative estimate of drug-likeness (QED) is 0.757. The van der Waals surface area contributed by atoms with Crippen LogP contribution in [0.1, 0.15) is 30.1 Å². The van der Waals surface area contributed by atoms with Crippen LogP contribution in [0.15, 0.2) is 23.1 Å². The third-order valence-electron chi connectivity index (χ3n) is 3.87. The summed E-state index contributed by atoms with van der Waals surface area (Å²) in [6.45, 7) is 6.50. The Balaban J connectivity index is 1.97. The predicted molar refractivity (Wildman–Crippen MR) is 88.5 cm³/mol. The highest BCUT2D eigenvalue weighted by Gasteiger charge is 2.17. The molecule has 4 nitrogen and oxygen atoms in total. The van der Waals surface area contributed by atoms with Crippen LogP contribution >= 0.6 is 11.8 Å². The van der Waals surface area contributed by atoms with Crippen molar-refractivity contribution in [2.75, 3.05) is 37.8 Å². The summed E-state index contributed by atoms with van der Waals surface area (Å²) in [5.74, 6) is -0.364. The molecule has 1 atom stereocenters. The first-order valence-corrected chi connectivity index (χ1v) is 8.70. The number of carboxylic acids is 1. The number of likely N-dealkylation sites (tertiary alicyclic amines) is 1. The number of anilines is 1. The number of nitrogens with one attached hydrogen (secondary N) is 1. The van der Waals surface area contributed by atoms with E-state index in [0.29, 0.717) is 11.5 Å². The summed E-state index contributed by atoms with van der Waals surface area (Å²) < 4.78 is 0. The predicted octanol–water partition coefficient (Wildman–Crippen LogP) is 3.25. The van der Waals surface area contributed by atoms with Gasteiger partial charge in [-0.05, 0) is 50.2 Å². The standard InChI is InChI=1S/C16H24N2O2S/c1-12(11-18-8-3-4-9-18)10-17-13-6-5-7-14(21-2)15(13)16(19)20/h5-7,12,17H,3-4,8-11H2,1-2H3,(H,19,20). The Hall–Kier alpha value is -1.20. The maximum absolute atomic E-state index is 11.5. The van der Waals surface area contributed by atoms with Crippen LogP contribution in [-0.2, 0) is 0 Å². The number of rotatable bonds is 7. The van der Waals surface area contributed by atoms with Crippen molar-refractivity contribution >= 4 is 23.4 Å². The highest BCUT2D eigenvalue weighted by atomic mass is 32.2. The average Bonchev–Trinajstić information content (AvgIpc) is 2.97. The van der Waals surface area contributed by atoms with Crippen LogP contribution in [0.4, 0.5) is 5.69 Å². The molecule has 1 fully saturated rings. The second-order valence-electron chi connectivity index (χ2n) is 5.68. The molecule has 1 heterocycles. The van der Waals surface area contributed by atoms with Crippen LogP contribution in [-0.4, -0.2) is 48.4 Å². The Labute approximate surface area is 130 Å². The molecule has 0 aliphatic carbocycles. The normalized spacial score (nSPS) is 16.9. The molecule has 1 saturated heterocycles. The Bertz CT molecular complexity index is 487. The van der Waals surface area contributed by atoms with Gasteiger partial charge in [-0.15, -0.1) is 11.8 Å². The van der Waals surface area contributed by atoms with Crippen molar-refractivity contribution in [1.29, 1.82) is 0 Å². The zero-order valence-electron chi connectivity index (χ0n) is 12.8. The van der Waals surface area contributed by atoms with Crippen molar-refractivity contribution in [1.82, 2.24) is 4.90 Å². The van der Waals surface area contributed by atoms with Crippen LogP contribution < -0.4 is 5.32 Å². The first kappa shape index (κ1) is 16.2. The van der Waals surface area contributed by atoms with Crippen molar-refractivity contribution in [3.05, 3.63) is 23.8 Å². The van der Waals surface area contributed by atoms with E-state index >= 15 is 0 Å². The summed E-state index contributed by atoms with van der Waals surface area (Å²) in [6, 6.07) is 5.62. The van der Waals surface area contributed by atoms with Crippen molar-refractivity contribution in [2.24, 2.45) is 5.92 Å². The minimum absolute atomic E-state index is 0.387. The van der Waals surface area contributed by atoms with Gasteiger partial charge in [0.1, 0.15) is 0 Å². The largest absolute Gasteiger partial charge is 0.478 e. The second kappa shape index (κ2) is 7.71. The monoisotopic (exact) mass is 308 g/mol. The fraction of sp³-hybridized carbons (Fsp3) is 0.562. The molecular formula is C16H24N2O2S. The van der Waals surface area contributed by atoms with Crippen molar-refractivity contribution < 1.29 is 9.90 Å². The van der Waals surface area contributed by atoms with Gasteiger partial charge in [-0.3, -0.25) is 0 Å². The SMILES string of the molecule is CSc1cccc(NCC(C)CN2CCCC2)c1C(=O)O. The van der Waals surface area contributed by atoms with Gasteiger partial charge in [0.25, 0.3) is 0 Å². The van der Waals surface area contributed by atoms with Gasteiger partial charge in [-0.25, -0.2) is 4.79 Å². The topological polar surface area (TPSA) is 52.6 Å². The molecule has 21 heavy (non-hydrogen) atoms. The first-order chi connectivity index (χ1) is 10.1.